The van der Waals surface area contributed by atoms with Crippen molar-refractivity contribution in [2.45, 2.75) is 57.8 Å². The summed E-state index contributed by atoms with van der Waals surface area (Å²) in [6.07, 6.45) is -0.376. The van der Waals surface area contributed by atoms with Crippen LogP contribution in [0.2, 0.25) is 0 Å². The molecule has 2 atom stereocenters. The molecule has 112 valence electrons. The van der Waals surface area contributed by atoms with E-state index in [-0.39, 0.29) is 11.5 Å². The van der Waals surface area contributed by atoms with Crippen molar-refractivity contribution in [3.05, 3.63) is 35.9 Å². The van der Waals surface area contributed by atoms with E-state index >= 15 is 0 Å². The van der Waals surface area contributed by atoms with Crippen molar-refractivity contribution in [1.29, 1.82) is 0 Å². The van der Waals surface area contributed by atoms with Gasteiger partial charge in [-0.1, -0.05) is 57.0 Å². The highest BCUT2D eigenvalue weighted by molar-refractivity contribution is 5.20. The van der Waals surface area contributed by atoms with Gasteiger partial charge in [-0.25, -0.2) is 0 Å². The van der Waals surface area contributed by atoms with Gasteiger partial charge in [0.1, 0.15) is 6.04 Å². The molecule has 0 aliphatic heterocycles. The highest BCUT2D eigenvalue weighted by Crippen LogP contribution is 2.40. The maximum atomic E-state index is 13.4. The van der Waals surface area contributed by atoms with Gasteiger partial charge in [0, 0.05) is 6.04 Å². The molecule has 4 heteroatoms. The van der Waals surface area contributed by atoms with Gasteiger partial charge in [-0.3, -0.25) is 5.32 Å². The van der Waals surface area contributed by atoms with Gasteiger partial charge in [0.2, 0.25) is 0 Å². The van der Waals surface area contributed by atoms with Crippen LogP contribution < -0.4 is 5.32 Å². The van der Waals surface area contributed by atoms with Crippen LogP contribution in [-0.4, -0.2) is 12.2 Å². The maximum Gasteiger partial charge on any atom is 0.407 e. The van der Waals surface area contributed by atoms with E-state index in [4.69, 9.17) is 0 Å². The van der Waals surface area contributed by atoms with Crippen molar-refractivity contribution >= 4 is 0 Å². The standard InChI is InChI=1S/C16H22F3N/c1-15(2)11-7-6-10-13(15)20-14(16(17,18)19)12-8-4-3-5-9-12/h3-5,8-9,13-14,20H,6-7,10-11H2,1-2H3. The Morgan fingerprint density at radius 3 is 2.35 bits per heavy atom. The molecule has 20 heavy (non-hydrogen) atoms. The summed E-state index contributed by atoms with van der Waals surface area (Å²) in [6, 6.07) is 6.46. The molecule has 1 saturated carbocycles. The van der Waals surface area contributed by atoms with Crippen molar-refractivity contribution in [2.75, 3.05) is 0 Å². The van der Waals surface area contributed by atoms with Gasteiger partial charge < -0.3 is 0 Å². The van der Waals surface area contributed by atoms with Crippen molar-refractivity contribution in [2.24, 2.45) is 5.41 Å². The fourth-order valence-corrected chi connectivity index (χ4v) is 3.03. The van der Waals surface area contributed by atoms with Gasteiger partial charge in [-0.05, 0) is 23.8 Å². The fourth-order valence-electron chi connectivity index (χ4n) is 3.03. The molecule has 1 aliphatic rings. The molecular weight excluding hydrogens is 263 g/mol. The Kier molecular flexibility index (Phi) is 4.43. The predicted octanol–water partition coefficient (Wildman–Crippen LogP) is 4.85. The summed E-state index contributed by atoms with van der Waals surface area (Å²) < 4.78 is 40.1. The van der Waals surface area contributed by atoms with Crippen molar-refractivity contribution in [3.63, 3.8) is 0 Å². The number of halogens is 3. The molecule has 1 N–H and O–H groups in total. The van der Waals surface area contributed by atoms with E-state index in [1.54, 1.807) is 30.3 Å². The summed E-state index contributed by atoms with van der Waals surface area (Å²) >= 11 is 0. The Hall–Kier alpha value is -1.03. The zero-order valence-corrected chi connectivity index (χ0v) is 12.0. The molecule has 1 aliphatic carbocycles. The van der Waals surface area contributed by atoms with Gasteiger partial charge in [-0.2, -0.15) is 13.2 Å². The minimum absolute atomic E-state index is 0.0868. The maximum absolute atomic E-state index is 13.4. The molecule has 0 amide bonds. The van der Waals surface area contributed by atoms with Crippen molar-refractivity contribution in [1.82, 2.24) is 5.32 Å². The number of rotatable bonds is 3. The van der Waals surface area contributed by atoms with E-state index < -0.39 is 12.2 Å². The van der Waals surface area contributed by atoms with Gasteiger partial charge in [-0.15, -0.1) is 0 Å². The molecular formula is C16H22F3N. The molecule has 2 rings (SSSR count). The highest BCUT2D eigenvalue weighted by atomic mass is 19.4. The molecule has 1 aromatic rings. The summed E-state index contributed by atoms with van der Waals surface area (Å²) in [4.78, 5) is 0. The Morgan fingerprint density at radius 1 is 1.15 bits per heavy atom. The molecule has 2 unspecified atom stereocenters. The smallest absolute Gasteiger partial charge is 0.299 e. The summed E-state index contributed by atoms with van der Waals surface area (Å²) in [7, 11) is 0. The Bertz CT molecular complexity index is 425. The molecule has 1 nitrogen and oxygen atoms in total. The Balaban J connectivity index is 2.21. The normalized spacial score (nSPS) is 24.4. The lowest BCUT2D eigenvalue weighted by Gasteiger charge is -2.41. The van der Waals surface area contributed by atoms with Crippen LogP contribution in [-0.2, 0) is 0 Å². The monoisotopic (exact) mass is 285 g/mol. The number of hydrogen-bond donors (Lipinski definition) is 1. The van der Waals surface area contributed by atoms with E-state index in [1.165, 1.54) is 0 Å². The van der Waals surface area contributed by atoms with Crippen LogP contribution in [0.3, 0.4) is 0 Å². The lowest BCUT2D eigenvalue weighted by atomic mass is 9.73. The first-order valence-corrected chi connectivity index (χ1v) is 7.18. The number of hydrogen-bond acceptors (Lipinski definition) is 1. The van der Waals surface area contributed by atoms with E-state index in [1.807, 2.05) is 0 Å². The molecule has 0 radical (unpaired) electrons. The molecule has 1 fully saturated rings. The molecule has 0 bridgehead atoms. The predicted molar refractivity (Wildman–Crippen MR) is 74.4 cm³/mol. The van der Waals surface area contributed by atoms with Gasteiger partial charge in [0.05, 0.1) is 0 Å². The lowest BCUT2D eigenvalue weighted by molar-refractivity contribution is -0.162. The highest BCUT2D eigenvalue weighted by Gasteiger charge is 2.44. The quantitative estimate of drug-likeness (QED) is 0.837. The van der Waals surface area contributed by atoms with E-state index in [0.29, 0.717) is 5.56 Å². The second-order valence-electron chi connectivity index (χ2n) is 6.34. The van der Waals surface area contributed by atoms with Crippen LogP contribution in [0.15, 0.2) is 30.3 Å². The fraction of sp³-hybridized carbons (Fsp3) is 0.625. The van der Waals surface area contributed by atoms with Gasteiger partial charge in [0.25, 0.3) is 0 Å². The molecule has 1 aromatic carbocycles. The molecule has 0 saturated heterocycles. The molecule has 0 heterocycles. The van der Waals surface area contributed by atoms with Crippen LogP contribution in [0, 0.1) is 5.41 Å². The van der Waals surface area contributed by atoms with Crippen LogP contribution in [0.1, 0.15) is 51.1 Å². The van der Waals surface area contributed by atoms with E-state index in [0.717, 1.165) is 25.7 Å². The second kappa shape index (κ2) is 5.76. The van der Waals surface area contributed by atoms with Crippen LogP contribution in [0.5, 0.6) is 0 Å². The van der Waals surface area contributed by atoms with Gasteiger partial charge in [0.15, 0.2) is 0 Å². The summed E-state index contributed by atoms with van der Waals surface area (Å²) in [5.41, 5.74) is 0.206. The minimum Gasteiger partial charge on any atom is -0.299 e. The van der Waals surface area contributed by atoms with Crippen molar-refractivity contribution in [3.8, 4) is 0 Å². The second-order valence-corrected chi connectivity index (χ2v) is 6.34. The largest absolute Gasteiger partial charge is 0.407 e. The average Bonchev–Trinajstić information content (AvgIpc) is 2.36. The first-order chi connectivity index (χ1) is 9.31. The zero-order chi connectivity index (χ0) is 14.8. The summed E-state index contributed by atoms with van der Waals surface area (Å²) in [5.74, 6) is 0. The third-order valence-corrected chi connectivity index (χ3v) is 4.34. The SMILES string of the molecule is CC1(C)CCCCC1NC(c1ccccc1)C(F)(F)F. The first kappa shape index (κ1) is 15.4. The third-order valence-electron chi connectivity index (χ3n) is 4.34. The Labute approximate surface area is 118 Å². The topological polar surface area (TPSA) is 12.0 Å². The summed E-state index contributed by atoms with van der Waals surface area (Å²) in [5, 5.41) is 2.88. The third kappa shape index (κ3) is 3.54. The number of nitrogens with one attached hydrogen (secondary N) is 1. The average molecular weight is 285 g/mol. The number of benzene rings is 1. The zero-order valence-electron chi connectivity index (χ0n) is 12.0. The summed E-state index contributed by atoms with van der Waals surface area (Å²) in [6.45, 7) is 4.12. The van der Waals surface area contributed by atoms with E-state index in [9.17, 15) is 13.2 Å². The first-order valence-electron chi connectivity index (χ1n) is 7.18. The van der Waals surface area contributed by atoms with E-state index in [2.05, 4.69) is 19.2 Å². The lowest BCUT2D eigenvalue weighted by Crippen LogP contribution is -2.49. The van der Waals surface area contributed by atoms with Crippen LogP contribution >= 0.6 is 0 Å². The van der Waals surface area contributed by atoms with Crippen molar-refractivity contribution < 1.29 is 13.2 Å². The Morgan fingerprint density at radius 2 is 1.80 bits per heavy atom. The molecule has 0 aromatic heterocycles. The number of alkyl halides is 3. The van der Waals surface area contributed by atoms with Gasteiger partial charge >= 0.3 is 6.18 Å². The van der Waals surface area contributed by atoms with Crippen LogP contribution in [0.4, 0.5) is 13.2 Å². The van der Waals surface area contributed by atoms with Crippen LogP contribution in [0.25, 0.3) is 0 Å². The molecule has 0 spiro atoms. The minimum atomic E-state index is -4.27.